The van der Waals surface area contributed by atoms with E-state index in [4.69, 9.17) is 34.6 Å². The van der Waals surface area contributed by atoms with Crippen LogP contribution in [0.1, 0.15) is 45.7 Å². The van der Waals surface area contributed by atoms with E-state index in [1.807, 2.05) is 40.5 Å². The molecule has 6 rings (SSSR count). The molecule has 2 aromatic heterocycles. The molecule has 2 heterocycles. The number of hydrazine groups is 2. The van der Waals surface area contributed by atoms with E-state index in [9.17, 15) is 29.4 Å². The Kier molecular flexibility index (Phi) is 16.3. The largest absolute Gasteiger partial charge is 0.480 e. The highest BCUT2D eigenvalue weighted by atomic mass is 32.1. The molecule has 0 spiro atoms. The number of nitrogens with one attached hydrogen (secondary N) is 5. The second-order valence-corrected chi connectivity index (χ2v) is 14.5. The van der Waals surface area contributed by atoms with Crippen molar-refractivity contribution in [1.29, 1.82) is 10.5 Å². The Hall–Kier alpha value is -7.88. The average Bonchev–Trinajstić information content (AvgIpc) is 3.98. The smallest absolute Gasteiger partial charge is 0.328 e. The van der Waals surface area contributed by atoms with Gasteiger partial charge in [-0.25, -0.2) is 20.3 Å². The van der Waals surface area contributed by atoms with Gasteiger partial charge in [0.15, 0.2) is 6.04 Å². The van der Waals surface area contributed by atoms with E-state index in [-0.39, 0.29) is 11.5 Å². The number of carboxylic acid groups (broad SMARTS) is 1. The number of rotatable bonds is 10. The van der Waals surface area contributed by atoms with Gasteiger partial charge < -0.3 is 26.0 Å². The van der Waals surface area contributed by atoms with Gasteiger partial charge in [0.1, 0.15) is 6.04 Å². The van der Waals surface area contributed by atoms with Crippen LogP contribution < -0.4 is 32.8 Å². The number of hydrogen-bond acceptors (Lipinski definition) is 13. The standard InChI is InChI=1S/C21H17N5O3S.C13H12N2O3S.C8H7N3O/c1-12(27)18(24-16-7-8-17(23-2)19-15(16)9-10-30-19)21(29)26-25-20(28)14-5-3-13(11-22)4-6-14;1-7(16)11(13(17)18)15-9-3-4-10(14-2)12-8(9)5-6-19-12;9-5-6-1-3-7(4-2-6)8(12)11-10/h3-10,12,18,24,27H,1H3,(H,25,28)(H,26,29);3-7,11,15-16H,1H3,(H,17,18);1-4H,10H2,(H,11,12)/t12-,18+;7-,11+;/m00./s1. The lowest BCUT2D eigenvalue weighted by molar-refractivity contribution is -0.140. The average molecular weight is 857 g/mol. The first-order valence-electron chi connectivity index (χ1n) is 17.8. The van der Waals surface area contributed by atoms with Crippen molar-refractivity contribution in [2.24, 2.45) is 5.84 Å². The molecule has 0 aliphatic carbocycles. The van der Waals surface area contributed by atoms with E-state index < -0.39 is 42.1 Å². The van der Waals surface area contributed by atoms with E-state index in [1.165, 1.54) is 60.8 Å². The van der Waals surface area contributed by atoms with Crippen molar-refractivity contribution in [3.8, 4) is 12.1 Å². The maximum absolute atomic E-state index is 12.6. The Labute approximate surface area is 356 Å². The van der Waals surface area contributed by atoms with Gasteiger partial charge in [-0.2, -0.15) is 33.2 Å². The number of fused-ring (bicyclic) bond motifs is 2. The first-order valence-corrected chi connectivity index (χ1v) is 19.5. The fraction of sp³-hybridized carbons (Fsp3) is 0.143. The van der Waals surface area contributed by atoms with Gasteiger partial charge in [0.2, 0.25) is 11.4 Å². The van der Waals surface area contributed by atoms with Crippen LogP contribution >= 0.6 is 22.7 Å². The van der Waals surface area contributed by atoms with Crippen LogP contribution in [-0.2, 0) is 9.59 Å². The molecule has 0 fully saturated rings. The first kappa shape index (κ1) is 45.8. The van der Waals surface area contributed by atoms with E-state index in [1.54, 1.807) is 48.5 Å². The maximum Gasteiger partial charge on any atom is 0.328 e. The van der Waals surface area contributed by atoms with Crippen molar-refractivity contribution >= 4 is 89.3 Å². The molecule has 10 N–H and O–H groups in total. The summed E-state index contributed by atoms with van der Waals surface area (Å²) in [6.45, 7) is 17.2. The van der Waals surface area contributed by atoms with Gasteiger partial charge in [0, 0.05) is 42.7 Å². The van der Waals surface area contributed by atoms with Crippen LogP contribution in [0.2, 0.25) is 0 Å². The molecule has 4 atom stereocenters. The minimum absolute atomic E-state index is 0.269. The van der Waals surface area contributed by atoms with Crippen LogP contribution in [0.25, 0.3) is 29.9 Å². The molecule has 17 nitrogen and oxygen atoms in total. The number of carboxylic acids is 1. The predicted octanol–water partition coefficient (Wildman–Crippen LogP) is 5.81. The van der Waals surface area contributed by atoms with E-state index in [0.717, 1.165) is 20.2 Å². The number of anilines is 2. The number of hydrogen-bond donors (Lipinski definition) is 9. The number of nitrogens with two attached hydrogens (primary N) is 1. The number of nitriles is 2. The molecule has 0 aliphatic heterocycles. The highest BCUT2D eigenvalue weighted by Gasteiger charge is 2.26. The van der Waals surface area contributed by atoms with Gasteiger partial charge >= 0.3 is 5.97 Å². The highest BCUT2D eigenvalue weighted by molar-refractivity contribution is 7.18. The molecule has 19 heteroatoms. The molecule has 4 aromatic carbocycles. The van der Waals surface area contributed by atoms with E-state index in [0.29, 0.717) is 39.4 Å². The molecule has 61 heavy (non-hydrogen) atoms. The molecule has 0 saturated heterocycles. The molecule has 0 saturated carbocycles. The van der Waals surface area contributed by atoms with Crippen LogP contribution in [0.4, 0.5) is 22.7 Å². The third-order valence-corrected chi connectivity index (χ3v) is 10.4. The van der Waals surface area contributed by atoms with Gasteiger partial charge in [-0.05, 0) is 97.4 Å². The zero-order chi connectivity index (χ0) is 44.6. The summed E-state index contributed by atoms with van der Waals surface area (Å²) in [5.41, 5.74) is 10.5. The van der Waals surface area contributed by atoms with Crippen molar-refractivity contribution in [2.75, 3.05) is 10.6 Å². The Balaban J connectivity index is 0.000000224. The minimum Gasteiger partial charge on any atom is -0.480 e. The van der Waals surface area contributed by atoms with Crippen molar-refractivity contribution in [3.63, 3.8) is 0 Å². The molecule has 0 radical (unpaired) electrons. The van der Waals surface area contributed by atoms with Crippen LogP contribution in [-0.4, -0.2) is 63.3 Å². The molecule has 0 aliphatic rings. The third-order valence-electron chi connectivity index (χ3n) is 8.55. The Morgan fingerprint density at radius 1 is 0.656 bits per heavy atom. The van der Waals surface area contributed by atoms with Crippen molar-refractivity contribution in [2.45, 2.75) is 38.1 Å². The molecule has 3 amide bonds. The number of aliphatic carboxylic acids is 1. The van der Waals surface area contributed by atoms with Crippen LogP contribution in [0.15, 0.2) is 95.7 Å². The monoisotopic (exact) mass is 856 g/mol. The number of aliphatic hydroxyl groups is 2. The van der Waals surface area contributed by atoms with Gasteiger partial charge in [-0.1, -0.05) is 12.1 Å². The number of carbonyl (C=O) groups is 4. The number of amides is 3. The fourth-order valence-electron chi connectivity index (χ4n) is 5.40. The molecule has 6 aromatic rings. The molecule has 308 valence electrons. The summed E-state index contributed by atoms with van der Waals surface area (Å²) in [5.74, 6) is 2.24. The van der Waals surface area contributed by atoms with E-state index in [2.05, 4.69) is 31.2 Å². The summed E-state index contributed by atoms with van der Waals surface area (Å²) >= 11 is 2.85. The van der Waals surface area contributed by atoms with Gasteiger partial charge in [0.25, 0.3) is 17.7 Å². The normalized spacial score (nSPS) is 12.0. The number of aliphatic hydroxyl groups excluding tert-OH is 2. The lowest BCUT2D eigenvalue weighted by atomic mass is 10.1. The lowest BCUT2D eigenvalue weighted by Crippen LogP contribution is -2.52. The summed E-state index contributed by atoms with van der Waals surface area (Å²) in [4.78, 5) is 53.7. The van der Waals surface area contributed by atoms with Crippen LogP contribution in [0.5, 0.6) is 0 Å². The summed E-state index contributed by atoms with van der Waals surface area (Å²) in [6, 6.07) is 24.2. The molecular weight excluding hydrogens is 821 g/mol. The molecule has 0 unspecified atom stereocenters. The third kappa shape index (κ3) is 11.8. The molecular formula is C42H36N10O7S2. The van der Waals surface area contributed by atoms with Gasteiger partial charge in [-0.3, -0.25) is 30.7 Å². The van der Waals surface area contributed by atoms with Crippen molar-refractivity contribution < 1.29 is 34.5 Å². The maximum atomic E-state index is 12.6. The SMILES string of the molecule is N#Cc1ccc(C(=O)NN)cc1.[C-]#[N+]c1ccc(N[C@@H](C(=O)NNC(=O)c2ccc(C#N)cc2)[C@H](C)O)c2ccsc12.[C-]#[N+]c1ccc(N[C@@H](C(=O)O)[C@H](C)O)c2ccsc12. The second kappa shape index (κ2) is 21.8. The predicted molar refractivity (Wildman–Crippen MR) is 232 cm³/mol. The zero-order valence-corrected chi connectivity index (χ0v) is 33.8. The number of thiophene rings is 2. The fourth-order valence-corrected chi connectivity index (χ4v) is 7.15. The number of benzene rings is 4. The summed E-state index contributed by atoms with van der Waals surface area (Å²) in [7, 11) is 0. The summed E-state index contributed by atoms with van der Waals surface area (Å²) < 4.78 is 1.60. The van der Waals surface area contributed by atoms with Gasteiger partial charge in [0.05, 0.1) is 48.6 Å². The molecule has 0 bridgehead atoms. The number of nitrogen functional groups attached to an aromatic ring is 1. The van der Waals surface area contributed by atoms with Crippen molar-refractivity contribution in [3.05, 3.63) is 141 Å². The Morgan fingerprint density at radius 3 is 1.46 bits per heavy atom. The Morgan fingerprint density at radius 2 is 1.08 bits per heavy atom. The summed E-state index contributed by atoms with van der Waals surface area (Å²) in [5, 5.41) is 57.0. The minimum atomic E-state index is -1.12. The quantitative estimate of drug-likeness (QED) is 0.0342. The second-order valence-electron chi connectivity index (χ2n) is 12.7. The van der Waals surface area contributed by atoms with Gasteiger partial charge in [-0.15, -0.1) is 0 Å². The van der Waals surface area contributed by atoms with Crippen molar-refractivity contribution in [1.82, 2.24) is 16.3 Å². The summed E-state index contributed by atoms with van der Waals surface area (Å²) in [6.07, 6.45) is -2.09. The number of carbonyl (C=O) groups excluding carboxylic acids is 3. The van der Waals surface area contributed by atoms with Crippen LogP contribution in [0.3, 0.4) is 0 Å². The zero-order valence-electron chi connectivity index (χ0n) is 32.2. The lowest BCUT2D eigenvalue weighted by Gasteiger charge is -2.22. The van der Waals surface area contributed by atoms with Crippen LogP contribution in [0, 0.1) is 35.8 Å². The first-order chi connectivity index (χ1) is 29.3. The Bertz CT molecular complexity index is 2700. The topological polar surface area (TPSA) is 271 Å². The number of nitrogens with zero attached hydrogens (tertiary/aromatic N) is 4. The highest BCUT2D eigenvalue weighted by Crippen LogP contribution is 2.37. The van der Waals surface area contributed by atoms with E-state index >= 15 is 0 Å².